The predicted molar refractivity (Wildman–Crippen MR) is 92.1 cm³/mol. The minimum absolute atomic E-state index is 0.0272. The lowest BCUT2D eigenvalue weighted by molar-refractivity contribution is -0.119. The summed E-state index contributed by atoms with van der Waals surface area (Å²) in [6.07, 6.45) is 2.53. The Labute approximate surface area is 151 Å². The molecule has 1 aromatic heterocycles. The van der Waals surface area contributed by atoms with Crippen molar-refractivity contribution in [2.24, 2.45) is 0 Å². The number of benzene rings is 1. The lowest BCUT2D eigenvalue weighted by Crippen LogP contribution is -2.34. The Morgan fingerprint density at radius 2 is 1.96 bits per heavy atom. The molecule has 0 aliphatic rings. The average Bonchev–Trinajstić information content (AvgIpc) is 3.05. The third-order valence-corrected chi connectivity index (χ3v) is 5.34. The maximum absolute atomic E-state index is 13.1. The Morgan fingerprint density at radius 1 is 1.31 bits per heavy atom. The van der Waals surface area contributed by atoms with Gasteiger partial charge in [0, 0.05) is 32.5 Å². The van der Waals surface area contributed by atoms with Gasteiger partial charge in [-0.2, -0.15) is 10.4 Å². The van der Waals surface area contributed by atoms with E-state index in [1.54, 1.807) is 0 Å². The molecule has 138 valence electrons. The van der Waals surface area contributed by atoms with Gasteiger partial charge >= 0.3 is 0 Å². The average molecular weight is 379 g/mol. The van der Waals surface area contributed by atoms with Crippen molar-refractivity contribution in [3.63, 3.8) is 0 Å². The summed E-state index contributed by atoms with van der Waals surface area (Å²) in [6.45, 7) is -0.0865. The van der Waals surface area contributed by atoms with Gasteiger partial charge in [-0.05, 0) is 24.3 Å². The van der Waals surface area contributed by atoms with E-state index in [1.165, 1.54) is 60.3 Å². The van der Waals surface area contributed by atoms with Crippen LogP contribution in [0.15, 0.2) is 41.6 Å². The number of halogens is 1. The van der Waals surface area contributed by atoms with Gasteiger partial charge in [0.2, 0.25) is 15.9 Å². The van der Waals surface area contributed by atoms with Crippen LogP contribution in [0.5, 0.6) is 0 Å². The van der Waals surface area contributed by atoms with Crippen molar-refractivity contribution in [1.82, 2.24) is 14.1 Å². The zero-order valence-electron chi connectivity index (χ0n) is 14.3. The van der Waals surface area contributed by atoms with Crippen LogP contribution in [-0.4, -0.2) is 49.1 Å². The van der Waals surface area contributed by atoms with Gasteiger partial charge in [0.1, 0.15) is 17.3 Å². The van der Waals surface area contributed by atoms with Gasteiger partial charge in [0.15, 0.2) is 0 Å². The normalized spacial score (nSPS) is 11.3. The van der Waals surface area contributed by atoms with Crippen molar-refractivity contribution < 1.29 is 17.6 Å². The summed E-state index contributed by atoms with van der Waals surface area (Å²) in [4.78, 5) is 13.9. The summed E-state index contributed by atoms with van der Waals surface area (Å²) < 4.78 is 39.5. The molecule has 0 atom stereocenters. The maximum Gasteiger partial charge on any atom is 0.248 e. The number of aromatic nitrogens is 2. The molecule has 0 saturated carbocycles. The molecule has 0 radical (unpaired) electrons. The molecular formula is C16H18FN5O3S. The Bertz CT molecular complexity index is 916. The number of nitrogens with zero attached hydrogens (tertiary/aromatic N) is 5. The van der Waals surface area contributed by atoms with Gasteiger partial charge in [-0.25, -0.2) is 17.1 Å². The van der Waals surface area contributed by atoms with Crippen LogP contribution in [0.1, 0.15) is 6.42 Å². The van der Waals surface area contributed by atoms with E-state index in [4.69, 9.17) is 5.26 Å². The summed E-state index contributed by atoms with van der Waals surface area (Å²) in [5, 5.41) is 12.7. The minimum atomic E-state index is -3.64. The highest BCUT2D eigenvalue weighted by molar-refractivity contribution is 7.89. The second-order valence-electron chi connectivity index (χ2n) is 5.59. The van der Waals surface area contributed by atoms with Crippen LogP contribution < -0.4 is 4.90 Å². The molecule has 8 nitrogen and oxygen atoms in total. The van der Waals surface area contributed by atoms with Gasteiger partial charge < -0.3 is 4.90 Å². The molecule has 0 unspecified atom stereocenters. The molecule has 0 spiro atoms. The highest BCUT2D eigenvalue weighted by Crippen LogP contribution is 2.17. The second kappa shape index (κ2) is 8.07. The number of hydrogen-bond acceptors (Lipinski definition) is 5. The van der Waals surface area contributed by atoms with Crippen molar-refractivity contribution in [3.05, 3.63) is 42.5 Å². The summed E-state index contributed by atoms with van der Waals surface area (Å²) >= 11 is 0. The second-order valence-corrected chi connectivity index (χ2v) is 7.74. The molecule has 0 fully saturated rings. The summed E-state index contributed by atoms with van der Waals surface area (Å²) in [7, 11) is -0.845. The first kappa shape index (κ1) is 19.6. The zero-order chi connectivity index (χ0) is 19.3. The largest absolute Gasteiger partial charge is 0.310 e. The van der Waals surface area contributed by atoms with Gasteiger partial charge in [-0.15, -0.1) is 0 Å². The maximum atomic E-state index is 13.1. The van der Waals surface area contributed by atoms with Crippen molar-refractivity contribution in [2.45, 2.75) is 17.9 Å². The fourth-order valence-electron chi connectivity index (χ4n) is 2.18. The first-order valence-corrected chi connectivity index (χ1v) is 9.07. The Morgan fingerprint density at radius 3 is 2.54 bits per heavy atom. The number of carbonyl (C=O) groups excluding carboxylic acids is 1. The monoisotopic (exact) mass is 379 g/mol. The van der Waals surface area contributed by atoms with Crippen LogP contribution in [0.3, 0.4) is 0 Å². The Balaban J connectivity index is 2.21. The quantitative estimate of drug-likeness (QED) is 0.720. The third kappa shape index (κ3) is 4.44. The molecule has 0 aliphatic heterocycles. The molecule has 2 aromatic rings. The molecule has 1 amide bonds. The van der Waals surface area contributed by atoms with E-state index in [2.05, 4.69) is 5.10 Å². The topological polar surface area (TPSA) is 99.3 Å². The van der Waals surface area contributed by atoms with Crippen molar-refractivity contribution in [1.29, 1.82) is 5.26 Å². The standard InChI is InChI=1S/C16H18FN5O3S/c1-20(2)26(24,25)15-10-19-21(11-15)12-16(23)22(9-3-8-18)14-6-4-13(17)5-7-14/h4-7,10-11H,3,9,12H2,1-2H3. The van der Waals surface area contributed by atoms with Crippen LogP contribution in [0.25, 0.3) is 0 Å². The van der Waals surface area contributed by atoms with Crippen molar-refractivity contribution >= 4 is 21.6 Å². The lowest BCUT2D eigenvalue weighted by atomic mass is 10.2. The number of nitriles is 1. The number of amides is 1. The molecule has 26 heavy (non-hydrogen) atoms. The third-order valence-electron chi connectivity index (χ3n) is 3.57. The van der Waals surface area contributed by atoms with Crippen LogP contribution in [0.2, 0.25) is 0 Å². The number of hydrogen-bond donors (Lipinski definition) is 0. The van der Waals surface area contributed by atoms with Gasteiger partial charge in [-0.3, -0.25) is 9.48 Å². The van der Waals surface area contributed by atoms with E-state index in [1.807, 2.05) is 6.07 Å². The molecule has 0 saturated heterocycles. The Kier molecular flexibility index (Phi) is 6.07. The minimum Gasteiger partial charge on any atom is -0.310 e. The summed E-state index contributed by atoms with van der Waals surface area (Å²) in [5.41, 5.74) is 0.444. The van der Waals surface area contributed by atoms with E-state index in [-0.39, 0.29) is 24.4 Å². The highest BCUT2D eigenvalue weighted by atomic mass is 32.2. The fraction of sp³-hybridized carbons (Fsp3) is 0.312. The van der Waals surface area contributed by atoms with Crippen molar-refractivity contribution in [3.8, 4) is 6.07 Å². The first-order valence-electron chi connectivity index (χ1n) is 7.63. The highest BCUT2D eigenvalue weighted by Gasteiger charge is 2.21. The molecule has 0 N–H and O–H groups in total. The van der Waals surface area contributed by atoms with E-state index in [0.29, 0.717) is 5.69 Å². The van der Waals surface area contributed by atoms with E-state index in [0.717, 1.165) is 4.31 Å². The van der Waals surface area contributed by atoms with Gasteiger partial charge in [0.05, 0.1) is 18.7 Å². The van der Waals surface area contributed by atoms with Crippen LogP contribution in [0, 0.1) is 17.1 Å². The SMILES string of the molecule is CN(C)S(=O)(=O)c1cnn(CC(=O)N(CCC#N)c2ccc(F)cc2)c1. The first-order chi connectivity index (χ1) is 12.3. The van der Waals surface area contributed by atoms with Crippen LogP contribution in [-0.2, 0) is 21.4 Å². The number of anilines is 1. The number of carbonyl (C=O) groups is 1. The molecule has 1 aromatic carbocycles. The molecule has 2 rings (SSSR count). The molecule has 1 heterocycles. The number of sulfonamides is 1. The zero-order valence-corrected chi connectivity index (χ0v) is 15.1. The van der Waals surface area contributed by atoms with E-state index < -0.39 is 21.7 Å². The molecule has 0 aliphatic carbocycles. The summed E-state index contributed by atoms with van der Waals surface area (Å²) in [5.74, 6) is -0.837. The number of rotatable bonds is 7. The van der Waals surface area contributed by atoms with Crippen LogP contribution in [0.4, 0.5) is 10.1 Å². The summed E-state index contributed by atoms with van der Waals surface area (Å²) in [6, 6.07) is 7.28. The van der Waals surface area contributed by atoms with E-state index in [9.17, 15) is 17.6 Å². The van der Waals surface area contributed by atoms with Gasteiger partial charge in [0.25, 0.3) is 0 Å². The lowest BCUT2D eigenvalue weighted by Gasteiger charge is -2.21. The molecule has 0 bridgehead atoms. The van der Waals surface area contributed by atoms with Crippen molar-refractivity contribution in [2.75, 3.05) is 25.5 Å². The van der Waals surface area contributed by atoms with Crippen LogP contribution >= 0.6 is 0 Å². The molecule has 10 heteroatoms. The molecular weight excluding hydrogens is 361 g/mol. The smallest absolute Gasteiger partial charge is 0.248 e. The predicted octanol–water partition coefficient (Wildman–Crippen LogP) is 1.22. The van der Waals surface area contributed by atoms with Gasteiger partial charge in [-0.1, -0.05) is 0 Å². The van der Waals surface area contributed by atoms with E-state index >= 15 is 0 Å². The fourth-order valence-corrected chi connectivity index (χ4v) is 3.04. The Hall–Kier alpha value is -2.77.